The van der Waals surface area contributed by atoms with Crippen LogP contribution >= 0.6 is 0 Å². The minimum absolute atomic E-state index is 0.162. The smallest absolute Gasteiger partial charge is 0.294 e. The average Bonchev–Trinajstić information content (AvgIpc) is 2.33. The summed E-state index contributed by atoms with van der Waals surface area (Å²) >= 11 is 0. The van der Waals surface area contributed by atoms with Crippen molar-refractivity contribution in [2.24, 2.45) is 0 Å². The number of carbonyl (C=O) groups is 1. The van der Waals surface area contributed by atoms with E-state index in [0.29, 0.717) is 24.6 Å². The molecule has 1 aromatic carbocycles. The van der Waals surface area contributed by atoms with Crippen molar-refractivity contribution in [1.82, 2.24) is 0 Å². The van der Waals surface area contributed by atoms with E-state index in [4.69, 9.17) is 15.2 Å². The van der Waals surface area contributed by atoms with E-state index in [2.05, 4.69) is 5.32 Å². The standard InChI is InChI=1S/C11H12N2O3/c12-8-3-1-2-4-9(8)13-11(14)10-7-15-5-6-16-10/h1-4,7H,5-6,12H2,(H,13,14). The SMILES string of the molecule is Nc1ccccc1NC(=O)C1=COCCO1. The lowest BCUT2D eigenvalue weighted by Gasteiger charge is -2.15. The number of para-hydroxylation sites is 2. The first kappa shape index (κ1) is 10.4. The van der Waals surface area contributed by atoms with E-state index in [9.17, 15) is 4.79 Å². The third kappa shape index (κ3) is 2.25. The molecule has 0 bridgehead atoms. The Balaban J connectivity index is 2.07. The molecule has 0 unspecified atom stereocenters. The van der Waals surface area contributed by atoms with Gasteiger partial charge in [-0.1, -0.05) is 12.1 Å². The van der Waals surface area contributed by atoms with Crippen LogP contribution in [-0.2, 0) is 14.3 Å². The first-order valence-electron chi connectivity index (χ1n) is 4.88. The van der Waals surface area contributed by atoms with Crippen molar-refractivity contribution in [1.29, 1.82) is 0 Å². The quantitative estimate of drug-likeness (QED) is 0.732. The van der Waals surface area contributed by atoms with Crippen LogP contribution in [0.25, 0.3) is 0 Å². The zero-order valence-electron chi connectivity index (χ0n) is 8.60. The second kappa shape index (κ2) is 4.57. The fourth-order valence-corrected chi connectivity index (χ4v) is 1.28. The van der Waals surface area contributed by atoms with Gasteiger partial charge in [-0.2, -0.15) is 0 Å². The zero-order chi connectivity index (χ0) is 11.4. The van der Waals surface area contributed by atoms with E-state index >= 15 is 0 Å². The molecule has 0 aromatic heterocycles. The van der Waals surface area contributed by atoms with Crippen molar-refractivity contribution < 1.29 is 14.3 Å². The number of benzene rings is 1. The number of nitrogen functional groups attached to an aromatic ring is 1. The van der Waals surface area contributed by atoms with E-state index in [1.807, 2.05) is 0 Å². The lowest BCUT2D eigenvalue weighted by molar-refractivity contribution is -0.117. The average molecular weight is 220 g/mol. The zero-order valence-corrected chi connectivity index (χ0v) is 8.60. The van der Waals surface area contributed by atoms with Crippen molar-refractivity contribution in [3.05, 3.63) is 36.3 Å². The second-order valence-corrected chi connectivity index (χ2v) is 3.24. The highest BCUT2D eigenvalue weighted by atomic mass is 16.6. The molecule has 16 heavy (non-hydrogen) atoms. The van der Waals surface area contributed by atoms with Gasteiger partial charge in [-0.15, -0.1) is 0 Å². The molecule has 2 rings (SSSR count). The van der Waals surface area contributed by atoms with Crippen molar-refractivity contribution >= 4 is 17.3 Å². The summed E-state index contributed by atoms with van der Waals surface area (Å²) in [6, 6.07) is 7.02. The van der Waals surface area contributed by atoms with Crippen LogP contribution in [0.3, 0.4) is 0 Å². The van der Waals surface area contributed by atoms with Gasteiger partial charge in [0.15, 0.2) is 0 Å². The highest BCUT2D eigenvalue weighted by Crippen LogP contribution is 2.18. The van der Waals surface area contributed by atoms with Crippen LogP contribution in [0.5, 0.6) is 0 Å². The Labute approximate surface area is 92.8 Å². The molecule has 0 aliphatic carbocycles. The van der Waals surface area contributed by atoms with E-state index in [1.165, 1.54) is 6.26 Å². The molecule has 0 fully saturated rings. The molecule has 0 saturated heterocycles. The molecule has 1 aliphatic rings. The Morgan fingerprint density at radius 3 is 2.81 bits per heavy atom. The molecule has 1 amide bonds. The van der Waals surface area contributed by atoms with Gasteiger partial charge in [0.25, 0.3) is 5.91 Å². The Morgan fingerprint density at radius 2 is 2.12 bits per heavy atom. The monoisotopic (exact) mass is 220 g/mol. The fourth-order valence-electron chi connectivity index (χ4n) is 1.28. The first-order chi connectivity index (χ1) is 7.77. The van der Waals surface area contributed by atoms with Crippen LogP contribution in [0.1, 0.15) is 0 Å². The van der Waals surface area contributed by atoms with Gasteiger partial charge in [-0.3, -0.25) is 4.79 Å². The predicted molar refractivity (Wildman–Crippen MR) is 59.5 cm³/mol. The molecule has 0 saturated carbocycles. The van der Waals surface area contributed by atoms with Crippen molar-refractivity contribution in [3.8, 4) is 0 Å². The molecular formula is C11H12N2O3. The van der Waals surface area contributed by atoms with Crippen LogP contribution < -0.4 is 11.1 Å². The summed E-state index contributed by atoms with van der Waals surface area (Å²) in [6.45, 7) is 0.841. The van der Waals surface area contributed by atoms with Gasteiger partial charge in [0.05, 0.1) is 11.4 Å². The Kier molecular flexibility index (Phi) is 2.95. The molecular weight excluding hydrogens is 208 g/mol. The number of hydrogen-bond donors (Lipinski definition) is 2. The summed E-state index contributed by atoms with van der Waals surface area (Å²) in [5, 5.41) is 2.64. The van der Waals surface area contributed by atoms with E-state index < -0.39 is 0 Å². The van der Waals surface area contributed by atoms with Gasteiger partial charge in [0.2, 0.25) is 5.76 Å². The Bertz CT molecular complexity index is 429. The number of hydrogen-bond acceptors (Lipinski definition) is 4. The minimum Gasteiger partial charge on any atom is -0.494 e. The van der Waals surface area contributed by atoms with Crippen LogP contribution in [-0.4, -0.2) is 19.1 Å². The second-order valence-electron chi connectivity index (χ2n) is 3.24. The first-order valence-corrected chi connectivity index (χ1v) is 4.88. The maximum Gasteiger partial charge on any atom is 0.294 e. The third-order valence-electron chi connectivity index (χ3n) is 2.08. The van der Waals surface area contributed by atoms with Crippen LogP contribution in [0.2, 0.25) is 0 Å². The lowest BCUT2D eigenvalue weighted by Crippen LogP contribution is -2.21. The van der Waals surface area contributed by atoms with Crippen molar-refractivity contribution in [2.75, 3.05) is 24.3 Å². The van der Waals surface area contributed by atoms with Gasteiger partial charge < -0.3 is 20.5 Å². The fraction of sp³-hybridized carbons (Fsp3) is 0.182. The van der Waals surface area contributed by atoms with E-state index in [0.717, 1.165) is 0 Å². The van der Waals surface area contributed by atoms with Gasteiger partial charge >= 0.3 is 0 Å². The summed E-state index contributed by atoms with van der Waals surface area (Å²) in [5.41, 5.74) is 6.76. The summed E-state index contributed by atoms with van der Waals surface area (Å²) in [7, 11) is 0. The molecule has 0 spiro atoms. The maximum absolute atomic E-state index is 11.7. The summed E-state index contributed by atoms with van der Waals surface area (Å²) in [6.07, 6.45) is 1.30. The van der Waals surface area contributed by atoms with Crippen LogP contribution in [0.4, 0.5) is 11.4 Å². The maximum atomic E-state index is 11.7. The van der Waals surface area contributed by atoms with Crippen LogP contribution in [0.15, 0.2) is 36.3 Å². The highest BCUT2D eigenvalue weighted by molar-refractivity contribution is 6.03. The van der Waals surface area contributed by atoms with Crippen molar-refractivity contribution in [2.45, 2.75) is 0 Å². The summed E-state index contributed by atoms with van der Waals surface area (Å²) in [4.78, 5) is 11.7. The molecule has 0 radical (unpaired) electrons. The number of nitrogens with one attached hydrogen (secondary N) is 1. The summed E-state index contributed by atoms with van der Waals surface area (Å²) < 4.78 is 10.1. The molecule has 1 aromatic rings. The van der Waals surface area contributed by atoms with Gasteiger partial charge in [0, 0.05) is 0 Å². The predicted octanol–water partition coefficient (Wildman–Crippen LogP) is 1.10. The number of carbonyl (C=O) groups excluding carboxylic acids is 1. The molecule has 1 heterocycles. The highest BCUT2D eigenvalue weighted by Gasteiger charge is 2.15. The van der Waals surface area contributed by atoms with Crippen LogP contribution in [0, 0.1) is 0 Å². The normalized spacial score (nSPS) is 14.4. The number of rotatable bonds is 2. The lowest BCUT2D eigenvalue weighted by atomic mass is 10.2. The molecule has 84 valence electrons. The molecule has 3 N–H and O–H groups in total. The van der Waals surface area contributed by atoms with Gasteiger partial charge in [-0.25, -0.2) is 0 Å². The Morgan fingerprint density at radius 1 is 1.31 bits per heavy atom. The number of anilines is 2. The van der Waals surface area contributed by atoms with E-state index in [1.54, 1.807) is 24.3 Å². The van der Waals surface area contributed by atoms with Gasteiger partial charge in [-0.05, 0) is 12.1 Å². The molecule has 0 atom stereocenters. The molecule has 1 aliphatic heterocycles. The van der Waals surface area contributed by atoms with Gasteiger partial charge in [0.1, 0.15) is 19.5 Å². The third-order valence-corrected chi connectivity index (χ3v) is 2.08. The number of nitrogens with two attached hydrogens (primary N) is 1. The molecule has 5 heteroatoms. The van der Waals surface area contributed by atoms with Crippen molar-refractivity contribution in [3.63, 3.8) is 0 Å². The number of amides is 1. The topological polar surface area (TPSA) is 73.6 Å². The Hall–Kier alpha value is -2.17. The summed E-state index contributed by atoms with van der Waals surface area (Å²) in [5.74, 6) is -0.202. The largest absolute Gasteiger partial charge is 0.494 e. The minimum atomic E-state index is -0.363. The van der Waals surface area contributed by atoms with E-state index in [-0.39, 0.29) is 11.7 Å². The number of ether oxygens (including phenoxy) is 2. The molecule has 5 nitrogen and oxygen atoms in total.